The molecule has 3 nitrogen and oxygen atoms in total. The maximum Gasteiger partial charge on any atom is 0.0805 e. The van der Waals surface area contributed by atoms with E-state index in [9.17, 15) is 0 Å². The minimum atomic E-state index is -0.0789. The van der Waals surface area contributed by atoms with E-state index in [4.69, 9.17) is 4.74 Å². The van der Waals surface area contributed by atoms with Crippen LogP contribution in [0.2, 0.25) is 0 Å². The first kappa shape index (κ1) is 13.4. The summed E-state index contributed by atoms with van der Waals surface area (Å²) < 4.78 is 5.97. The van der Waals surface area contributed by atoms with Gasteiger partial charge in [0, 0.05) is 25.3 Å². The van der Waals surface area contributed by atoms with Crippen LogP contribution in [0, 0.1) is 0 Å². The van der Waals surface area contributed by atoms with Gasteiger partial charge in [0.1, 0.15) is 0 Å². The Morgan fingerprint density at radius 3 is 2.78 bits per heavy atom. The monoisotopic (exact) mass is 248 g/mol. The van der Waals surface area contributed by atoms with E-state index in [1.54, 1.807) is 0 Å². The molecule has 1 aromatic carbocycles. The number of para-hydroxylation sites is 1. The first-order valence-electron chi connectivity index (χ1n) is 6.67. The molecule has 0 saturated carbocycles. The van der Waals surface area contributed by atoms with Crippen molar-refractivity contribution in [3.8, 4) is 0 Å². The summed E-state index contributed by atoms with van der Waals surface area (Å²) in [4.78, 5) is 2.45. The Morgan fingerprint density at radius 1 is 1.39 bits per heavy atom. The van der Waals surface area contributed by atoms with Crippen molar-refractivity contribution in [2.24, 2.45) is 0 Å². The molecule has 0 aliphatic carbocycles. The highest BCUT2D eigenvalue weighted by molar-refractivity contribution is 5.54. The molecule has 0 radical (unpaired) electrons. The number of nitrogens with one attached hydrogen (secondary N) is 1. The number of rotatable bonds is 3. The summed E-state index contributed by atoms with van der Waals surface area (Å²) in [6.07, 6.45) is 0.274. The lowest BCUT2D eigenvalue weighted by Crippen LogP contribution is -2.52. The van der Waals surface area contributed by atoms with Crippen molar-refractivity contribution in [1.29, 1.82) is 0 Å². The molecule has 2 rings (SSSR count). The number of ether oxygens (including phenoxy) is 1. The first-order chi connectivity index (χ1) is 8.52. The minimum Gasteiger partial charge on any atom is -0.369 e. The molecule has 0 bridgehead atoms. The van der Waals surface area contributed by atoms with E-state index in [1.165, 1.54) is 11.3 Å². The molecule has 0 spiro atoms. The lowest BCUT2D eigenvalue weighted by atomic mass is 10.0. The van der Waals surface area contributed by atoms with E-state index in [0.29, 0.717) is 0 Å². The van der Waals surface area contributed by atoms with Gasteiger partial charge >= 0.3 is 0 Å². The van der Waals surface area contributed by atoms with Gasteiger partial charge in [0.2, 0.25) is 0 Å². The van der Waals surface area contributed by atoms with Crippen molar-refractivity contribution < 1.29 is 4.74 Å². The van der Waals surface area contributed by atoms with E-state index in [2.05, 4.69) is 55.3 Å². The Morgan fingerprint density at radius 2 is 2.11 bits per heavy atom. The Kier molecular flexibility index (Phi) is 3.93. The molecule has 1 fully saturated rings. The first-order valence-corrected chi connectivity index (χ1v) is 6.67. The van der Waals surface area contributed by atoms with Gasteiger partial charge in [0.05, 0.1) is 11.7 Å². The lowest BCUT2D eigenvalue weighted by Gasteiger charge is -2.43. The summed E-state index contributed by atoms with van der Waals surface area (Å²) in [6, 6.07) is 8.62. The molecular formula is C15H24N2O. The normalized spacial score (nSPS) is 23.1. The van der Waals surface area contributed by atoms with Crippen molar-refractivity contribution in [1.82, 2.24) is 5.32 Å². The molecule has 0 aromatic heterocycles. The van der Waals surface area contributed by atoms with E-state index in [0.717, 1.165) is 19.6 Å². The van der Waals surface area contributed by atoms with E-state index < -0.39 is 0 Å². The number of morpholine rings is 1. The van der Waals surface area contributed by atoms with Gasteiger partial charge in [-0.3, -0.25) is 0 Å². The average Bonchev–Trinajstić information content (AvgIpc) is 2.27. The fraction of sp³-hybridized carbons (Fsp3) is 0.600. The lowest BCUT2D eigenvalue weighted by molar-refractivity contribution is -0.0750. The predicted molar refractivity (Wildman–Crippen MR) is 76.0 cm³/mol. The molecular weight excluding hydrogens is 224 g/mol. The Hall–Kier alpha value is -1.06. The fourth-order valence-corrected chi connectivity index (χ4v) is 2.80. The second kappa shape index (κ2) is 5.29. The average molecular weight is 248 g/mol. The standard InChI is InChI=1S/C15H24N2O/c1-12-10-17(11-15(2,3)18-12)14-8-6-5-7-13(14)9-16-4/h5-8,12,16H,9-11H2,1-4H3. The highest BCUT2D eigenvalue weighted by Gasteiger charge is 2.31. The van der Waals surface area contributed by atoms with Gasteiger partial charge in [-0.1, -0.05) is 18.2 Å². The van der Waals surface area contributed by atoms with Gasteiger partial charge in [-0.15, -0.1) is 0 Å². The zero-order chi connectivity index (χ0) is 13.2. The van der Waals surface area contributed by atoms with Gasteiger partial charge in [0.15, 0.2) is 0 Å². The third-order valence-corrected chi connectivity index (χ3v) is 3.27. The van der Waals surface area contributed by atoms with Crippen molar-refractivity contribution in [2.75, 3.05) is 25.0 Å². The second-order valence-corrected chi connectivity index (χ2v) is 5.73. The van der Waals surface area contributed by atoms with Crippen molar-refractivity contribution in [3.63, 3.8) is 0 Å². The quantitative estimate of drug-likeness (QED) is 0.889. The highest BCUT2D eigenvalue weighted by Crippen LogP contribution is 2.28. The van der Waals surface area contributed by atoms with Crippen LogP contribution in [0.25, 0.3) is 0 Å². The predicted octanol–water partition coefficient (Wildman–Crippen LogP) is 2.41. The summed E-state index contributed by atoms with van der Waals surface area (Å²) >= 11 is 0. The summed E-state index contributed by atoms with van der Waals surface area (Å²) in [5.41, 5.74) is 2.60. The molecule has 1 aromatic rings. The van der Waals surface area contributed by atoms with Crippen molar-refractivity contribution >= 4 is 5.69 Å². The number of hydrogen-bond acceptors (Lipinski definition) is 3. The second-order valence-electron chi connectivity index (χ2n) is 5.73. The van der Waals surface area contributed by atoms with Crippen LogP contribution in [0.15, 0.2) is 24.3 Å². The Balaban J connectivity index is 2.25. The van der Waals surface area contributed by atoms with Gasteiger partial charge in [0.25, 0.3) is 0 Å². The van der Waals surface area contributed by atoms with Crippen LogP contribution in [0.4, 0.5) is 5.69 Å². The largest absolute Gasteiger partial charge is 0.369 e. The molecule has 100 valence electrons. The zero-order valence-electron chi connectivity index (χ0n) is 11.9. The van der Waals surface area contributed by atoms with Crippen molar-refractivity contribution in [3.05, 3.63) is 29.8 Å². The molecule has 1 atom stereocenters. The maximum absolute atomic E-state index is 5.97. The molecule has 1 saturated heterocycles. The molecule has 1 heterocycles. The molecule has 1 unspecified atom stereocenters. The Labute approximate surface area is 110 Å². The third kappa shape index (κ3) is 3.03. The van der Waals surface area contributed by atoms with Crippen LogP contribution in [-0.2, 0) is 11.3 Å². The zero-order valence-corrected chi connectivity index (χ0v) is 11.9. The maximum atomic E-state index is 5.97. The molecule has 3 heteroatoms. The number of hydrogen-bond donors (Lipinski definition) is 1. The van der Waals surface area contributed by atoms with Gasteiger partial charge in [-0.05, 0) is 39.4 Å². The topological polar surface area (TPSA) is 24.5 Å². The van der Waals surface area contributed by atoms with E-state index in [1.807, 2.05) is 7.05 Å². The van der Waals surface area contributed by atoms with Gasteiger partial charge in [-0.25, -0.2) is 0 Å². The minimum absolute atomic E-state index is 0.0789. The highest BCUT2D eigenvalue weighted by atomic mass is 16.5. The van der Waals surface area contributed by atoms with Gasteiger partial charge < -0.3 is 15.0 Å². The van der Waals surface area contributed by atoms with Crippen LogP contribution < -0.4 is 10.2 Å². The third-order valence-electron chi connectivity index (χ3n) is 3.27. The van der Waals surface area contributed by atoms with Crippen LogP contribution in [0.3, 0.4) is 0 Å². The molecule has 1 N–H and O–H groups in total. The Bertz CT molecular complexity index is 403. The van der Waals surface area contributed by atoms with Gasteiger partial charge in [-0.2, -0.15) is 0 Å². The summed E-state index contributed by atoms with van der Waals surface area (Å²) in [6.45, 7) is 9.28. The summed E-state index contributed by atoms with van der Waals surface area (Å²) in [5, 5.41) is 3.24. The number of anilines is 1. The molecule has 0 amide bonds. The number of benzene rings is 1. The van der Waals surface area contributed by atoms with E-state index in [-0.39, 0.29) is 11.7 Å². The smallest absolute Gasteiger partial charge is 0.0805 e. The molecule has 1 aliphatic heterocycles. The molecule has 18 heavy (non-hydrogen) atoms. The van der Waals surface area contributed by atoms with E-state index >= 15 is 0 Å². The van der Waals surface area contributed by atoms with Crippen LogP contribution in [-0.4, -0.2) is 31.8 Å². The van der Waals surface area contributed by atoms with Crippen LogP contribution in [0.1, 0.15) is 26.3 Å². The fourth-order valence-electron chi connectivity index (χ4n) is 2.80. The van der Waals surface area contributed by atoms with Crippen LogP contribution >= 0.6 is 0 Å². The molecule has 1 aliphatic rings. The van der Waals surface area contributed by atoms with Crippen LogP contribution in [0.5, 0.6) is 0 Å². The summed E-state index contributed by atoms with van der Waals surface area (Å²) in [7, 11) is 1.99. The number of nitrogens with zero attached hydrogens (tertiary/aromatic N) is 1. The summed E-state index contributed by atoms with van der Waals surface area (Å²) in [5.74, 6) is 0. The SMILES string of the molecule is CNCc1ccccc1N1CC(C)OC(C)(C)C1. The van der Waals surface area contributed by atoms with Crippen molar-refractivity contribution in [2.45, 2.75) is 39.0 Å².